The highest BCUT2D eigenvalue weighted by Crippen LogP contribution is 2.30. The molecule has 6 nitrogen and oxygen atoms in total. The highest BCUT2D eigenvalue weighted by atomic mass is 32.2. The molecule has 0 atom stereocenters. The van der Waals surface area contributed by atoms with Crippen molar-refractivity contribution in [2.75, 3.05) is 4.72 Å². The number of allylic oxidation sites excluding steroid dienone is 3. The maximum atomic E-state index is 13.1. The number of rotatable bonds is 5. The van der Waals surface area contributed by atoms with E-state index < -0.39 is 15.8 Å². The van der Waals surface area contributed by atoms with Gasteiger partial charge in [0, 0.05) is 22.2 Å². The summed E-state index contributed by atoms with van der Waals surface area (Å²) in [5.74, 6) is -0.497. The minimum absolute atomic E-state index is 0.0142. The number of aromatic nitrogens is 3. The Morgan fingerprint density at radius 2 is 1.77 bits per heavy atom. The normalized spacial score (nSPS) is 13.0. The van der Waals surface area contributed by atoms with Crippen LogP contribution in [0, 0.1) is 5.82 Å². The van der Waals surface area contributed by atoms with Gasteiger partial charge < -0.3 is 4.98 Å². The number of nitrogens with one attached hydrogen (secondary N) is 2. The molecule has 2 heterocycles. The van der Waals surface area contributed by atoms with Crippen LogP contribution in [0.4, 0.5) is 10.1 Å². The van der Waals surface area contributed by atoms with Gasteiger partial charge in [0.05, 0.1) is 16.3 Å². The number of anilines is 1. The lowest BCUT2D eigenvalue weighted by Gasteiger charge is -2.09. The van der Waals surface area contributed by atoms with E-state index in [4.69, 9.17) is 0 Å². The average Bonchev–Trinajstić information content (AvgIpc) is 3.44. The largest absolute Gasteiger partial charge is 0.339 e. The molecular weight excluding hydrogens is 415 g/mol. The molecule has 0 aliphatic heterocycles. The predicted molar refractivity (Wildman–Crippen MR) is 117 cm³/mol. The van der Waals surface area contributed by atoms with Crippen LogP contribution in [0.5, 0.6) is 0 Å². The first-order valence-electron chi connectivity index (χ1n) is 9.36. The lowest BCUT2D eigenvalue weighted by Crippen LogP contribution is -2.12. The van der Waals surface area contributed by atoms with Crippen LogP contribution in [0.15, 0.2) is 89.8 Å². The summed E-state index contributed by atoms with van der Waals surface area (Å²) in [5.41, 5.74) is 7.62. The first-order valence-corrected chi connectivity index (χ1v) is 10.8. The summed E-state index contributed by atoms with van der Waals surface area (Å²) >= 11 is 0. The molecule has 0 amide bonds. The van der Waals surface area contributed by atoms with Crippen LogP contribution in [0.1, 0.15) is 5.69 Å². The molecule has 2 aromatic heterocycles. The maximum Gasteiger partial charge on any atom is 0.261 e. The van der Waals surface area contributed by atoms with Gasteiger partial charge in [0.15, 0.2) is 0 Å². The highest BCUT2D eigenvalue weighted by Gasteiger charge is 2.15. The summed E-state index contributed by atoms with van der Waals surface area (Å²) in [5, 5.41) is 0.853. The Labute approximate surface area is 177 Å². The van der Waals surface area contributed by atoms with Crippen LogP contribution in [0.25, 0.3) is 27.9 Å². The molecule has 152 valence electrons. The van der Waals surface area contributed by atoms with Crippen molar-refractivity contribution in [1.82, 2.24) is 15.0 Å². The quantitative estimate of drug-likeness (QED) is 0.450. The summed E-state index contributed by atoms with van der Waals surface area (Å²) in [6.45, 7) is 0. The second-order valence-electron chi connectivity index (χ2n) is 6.89. The number of sulfonamides is 1. The molecule has 0 saturated heterocycles. The summed E-state index contributed by atoms with van der Waals surface area (Å²) in [6.07, 6.45) is 7.20. The first-order chi connectivity index (χ1) is 15.0. The van der Waals surface area contributed by atoms with Crippen LogP contribution in [0.3, 0.4) is 0 Å². The van der Waals surface area contributed by atoms with E-state index in [2.05, 4.69) is 25.4 Å². The third kappa shape index (κ3) is 3.66. The molecule has 1 aliphatic rings. The molecule has 0 bridgehead atoms. The number of nitrogens with zero attached hydrogens (tertiary/aromatic N) is 2. The Morgan fingerprint density at radius 3 is 2.48 bits per heavy atom. The molecule has 4 aromatic rings. The molecular formula is C23H15FN4O2S. The number of hydrogen-bond acceptors (Lipinski definition) is 4. The summed E-state index contributed by atoms with van der Waals surface area (Å²) in [6, 6.07) is 13.5. The molecule has 0 unspecified atom stereocenters. The van der Waals surface area contributed by atoms with E-state index in [1.807, 2.05) is 24.3 Å². The van der Waals surface area contributed by atoms with Crippen LogP contribution < -0.4 is 4.72 Å². The summed E-state index contributed by atoms with van der Waals surface area (Å²) < 4.78 is 40.6. The third-order valence-corrected chi connectivity index (χ3v) is 6.25. The summed E-state index contributed by atoms with van der Waals surface area (Å²) in [4.78, 5) is 12.0. The molecule has 0 radical (unpaired) electrons. The number of aromatic amines is 1. The molecule has 31 heavy (non-hydrogen) atoms. The van der Waals surface area contributed by atoms with E-state index in [0.29, 0.717) is 11.3 Å². The van der Waals surface area contributed by atoms with E-state index in [9.17, 15) is 12.8 Å². The van der Waals surface area contributed by atoms with Crippen molar-refractivity contribution in [3.05, 3.63) is 96.4 Å². The predicted octanol–water partition coefficient (Wildman–Crippen LogP) is 4.67. The fraction of sp³-hybridized carbons (Fsp3) is 0. The van der Waals surface area contributed by atoms with Crippen molar-refractivity contribution >= 4 is 32.3 Å². The fourth-order valence-electron chi connectivity index (χ4n) is 3.34. The van der Waals surface area contributed by atoms with Gasteiger partial charge in [-0.05, 0) is 54.6 Å². The number of halogens is 1. The fourth-order valence-corrected chi connectivity index (χ4v) is 4.40. The molecule has 0 spiro atoms. The molecule has 5 rings (SSSR count). The van der Waals surface area contributed by atoms with Gasteiger partial charge in [-0.2, -0.15) is 0 Å². The van der Waals surface area contributed by atoms with Crippen molar-refractivity contribution in [2.24, 2.45) is 0 Å². The van der Waals surface area contributed by atoms with Crippen molar-refractivity contribution in [3.63, 3.8) is 0 Å². The zero-order valence-electron chi connectivity index (χ0n) is 16.0. The topological polar surface area (TPSA) is 87.7 Å². The SMILES string of the molecule is O=S(=O)(Nc1ccc(-c2ncnc3[nH]c(C4=C=CC=C4)cc23)cc1)c1ccc(F)cc1. The van der Waals surface area contributed by atoms with Crippen LogP contribution >= 0.6 is 0 Å². The molecule has 0 fully saturated rings. The van der Waals surface area contributed by atoms with E-state index in [-0.39, 0.29) is 4.90 Å². The van der Waals surface area contributed by atoms with Crippen LogP contribution in [-0.2, 0) is 10.0 Å². The van der Waals surface area contributed by atoms with Gasteiger partial charge in [-0.15, -0.1) is 5.73 Å². The number of benzene rings is 2. The summed E-state index contributed by atoms with van der Waals surface area (Å²) in [7, 11) is -3.81. The molecule has 8 heteroatoms. The van der Waals surface area contributed by atoms with Gasteiger partial charge in [0.25, 0.3) is 10.0 Å². The molecule has 0 saturated carbocycles. The average molecular weight is 430 g/mol. The van der Waals surface area contributed by atoms with Crippen molar-refractivity contribution in [3.8, 4) is 11.3 Å². The Balaban J connectivity index is 1.45. The van der Waals surface area contributed by atoms with Gasteiger partial charge in [-0.25, -0.2) is 22.8 Å². The monoisotopic (exact) mass is 430 g/mol. The zero-order valence-corrected chi connectivity index (χ0v) is 16.8. The first kappa shape index (κ1) is 19.0. The number of H-pyrrole nitrogens is 1. The van der Waals surface area contributed by atoms with Gasteiger partial charge in [-0.1, -0.05) is 18.2 Å². The Bertz CT molecular complexity index is 1500. The lowest BCUT2D eigenvalue weighted by atomic mass is 10.1. The van der Waals surface area contributed by atoms with Gasteiger partial charge in [0.2, 0.25) is 0 Å². The Hall–Kier alpha value is -4.00. The second kappa shape index (κ2) is 7.36. The maximum absolute atomic E-state index is 13.1. The molecule has 2 aromatic carbocycles. The third-order valence-electron chi connectivity index (χ3n) is 4.85. The standard InChI is InChI=1S/C23H15FN4O2S/c24-17-7-11-19(12-8-17)31(29,30)28-18-9-5-16(6-10-18)22-20-13-21(15-3-1-2-4-15)27-23(20)26-14-25-22/h1-3,5-14,28H,(H,25,26,27). The van der Waals surface area contributed by atoms with Crippen LogP contribution in [0.2, 0.25) is 0 Å². The Kier molecular flexibility index (Phi) is 4.51. The molecule has 2 N–H and O–H groups in total. The van der Waals surface area contributed by atoms with Gasteiger partial charge in [-0.3, -0.25) is 4.72 Å². The van der Waals surface area contributed by atoms with Crippen molar-refractivity contribution in [2.45, 2.75) is 4.90 Å². The lowest BCUT2D eigenvalue weighted by molar-refractivity contribution is 0.599. The minimum Gasteiger partial charge on any atom is -0.339 e. The Morgan fingerprint density at radius 1 is 1.00 bits per heavy atom. The van der Waals surface area contributed by atoms with Crippen molar-refractivity contribution < 1.29 is 12.8 Å². The smallest absolute Gasteiger partial charge is 0.261 e. The van der Waals surface area contributed by atoms with E-state index in [0.717, 1.165) is 40.0 Å². The van der Waals surface area contributed by atoms with E-state index in [1.165, 1.54) is 18.5 Å². The van der Waals surface area contributed by atoms with Crippen LogP contribution in [-0.4, -0.2) is 23.4 Å². The van der Waals surface area contributed by atoms with Crippen molar-refractivity contribution in [1.29, 1.82) is 0 Å². The minimum atomic E-state index is -3.81. The highest BCUT2D eigenvalue weighted by molar-refractivity contribution is 7.92. The zero-order chi connectivity index (χ0) is 21.4. The molecule has 1 aliphatic carbocycles. The second-order valence-corrected chi connectivity index (χ2v) is 8.57. The van der Waals surface area contributed by atoms with E-state index >= 15 is 0 Å². The number of hydrogen-bond donors (Lipinski definition) is 2. The number of fused-ring (bicyclic) bond motifs is 1. The van der Waals surface area contributed by atoms with E-state index in [1.54, 1.807) is 24.3 Å². The van der Waals surface area contributed by atoms with Gasteiger partial charge in [0.1, 0.15) is 17.8 Å². The van der Waals surface area contributed by atoms with Gasteiger partial charge >= 0.3 is 0 Å².